The molecule has 0 radical (unpaired) electrons. The summed E-state index contributed by atoms with van der Waals surface area (Å²) in [6.45, 7) is 16.0. The van der Waals surface area contributed by atoms with E-state index in [-0.39, 0.29) is 7.43 Å². The predicted octanol–water partition coefficient (Wildman–Crippen LogP) is 8.49. The summed E-state index contributed by atoms with van der Waals surface area (Å²) in [4.78, 5) is 12.8. The Labute approximate surface area is 248 Å². The molecule has 2 fully saturated rings. The number of hydrogen-bond donors (Lipinski definition) is 1. The molecule has 1 aromatic carbocycles. The van der Waals surface area contributed by atoms with Crippen molar-refractivity contribution in [1.82, 2.24) is 10.2 Å². The molecule has 222 valence electrons. The lowest BCUT2D eigenvalue weighted by Crippen LogP contribution is -2.28. The number of methoxy groups -OCH3 is 1. The van der Waals surface area contributed by atoms with Crippen LogP contribution in [0.15, 0.2) is 57.6 Å². The molecule has 2 aliphatic rings. The number of nitrogens with one attached hydrogen (secondary N) is 1. The first-order valence-electron chi connectivity index (χ1n) is 14.1. The van der Waals surface area contributed by atoms with Crippen LogP contribution in [-0.4, -0.2) is 63.5 Å². The molecule has 39 heavy (non-hydrogen) atoms. The molecular weight excluding hydrogens is 550 g/mol. The van der Waals surface area contributed by atoms with Gasteiger partial charge in [-0.05, 0) is 100 Å². The molecule has 0 amide bonds. The van der Waals surface area contributed by atoms with Gasteiger partial charge in [0, 0.05) is 30.5 Å². The molecule has 1 aliphatic carbocycles. The zero-order chi connectivity index (χ0) is 28.3. The van der Waals surface area contributed by atoms with Crippen molar-refractivity contribution in [3.8, 4) is 5.75 Å². The maximum absolute atomic E-state index is 5.20. The van der Waals surface area contributed by atoms with Gasteiger partial charge in [-0.1, -0.05) is 52.7 Å². The molecule has 1 aliphatic heterocycles. The zero-order valence-corrected chi connectivity index (χ0v) is 26.4. The molecule has 7 heteroatoms. The van der Waals surface area contributed by atoms with Crippen molar-refractivity contribution in [2.45, 2.75) is 98.1 Å². The van der Waals surface area contributed by atoms with E-state index in [1.54, 1.807) is 7.11 Å². The lowest BCUT2D eigenvalue weighted by molar-refractivity contribution is 0.291. The van der Waals surface area contributed by atoms with E-state index < -0.39 is 0 Å². The van der Waals surface area contributed by atoms with Gasteiger partial charge in [0.15, 0.2) is 0 Å². The Morgan fingerprint density at radius 3 is 2.36 bits per heavy atom. The number of anilines is 1. The second-order valence-electron chi connectivity index (χ2n) is 9.99. The van der Waals surface area contributed by atoms with Gasteiger partial charge in [-0.2, -0.15) is 0 Å². The van der Waals surface area contributed by atoms with E-state index in [4.69, 9.17) is 4.74 Å². The number of ether oxygens (including phenoxy) is 1. The van der Waals surface area contributed by atoms with Crippen molar-refractivity contribution in [3.63, 3.8) is 0 Å². The van der Waals surface area contributed by atoms with Crippen LogP contribution in [0.2, 0.25) is 0 Å². The van der Waals surface area contributed by atoms with E-state index in [1.165, 1.54) is 77.2 Å². The van der Waals surface area contributed by atoms with Crippen molar-refractivity contribution in [1.29, 1.82) is 0 Å². The van der Waals surface area contributed by atoms with Gasteiger partial charge in [-0.3, -0.25) is 4.90 Å². The highest BCUT2D eigenvalue weighted by Crippen LogP contribution is 2.29. The number of benzene rings is 1. The summed E-state index contributed by atoms with van der Waals surface area (Å²) in [6.07, 6.45) is 16.1. The van der Waals surface area contributed by atoms with Gasteiger partial charge in [0.05, 0.1) is 11.6 Å². The minimum atomic E-state index is 0. The first kappa shape index (κ1) is 37.0. The number of amidine groups is 1. The number of allylic oxidation sites excluding steroid dienone is 1. The van der Waals surface area contributed by atoms with Crippen LogP contribution in [0.3, 0.4) is 0 Å². The van der Waals surface area contributed by atoms with Gasteiger partial charge in [0.2, 0.25) is 0 Å². The monoisotopic (exact) mass is 605 g/mol. The summed E-state index contributed by atoms with van der Waals surface area (Å²) in [5.74, 6) is 1.64. The summed E-state index contributed by atoms with van der Waals surface area (Å²) < 4.78 is 6.11. The smallest absolute Gasteiger partial charge is 0.133 e. The summed E-state index contributed by atoms with van der Waals surface area (Å²) in [5, 5.41) is 3.34. The molecule has 1 N–H and O–H groups in total. The van der Waals surface area contributed by atoms with Crippen LogP contribution < -0.4 is 15.0 Å². The summed E-state index contributed by atoms with van der Waals surface area (Å²) in [5.41, 5.74) is 1.74. The van der Waals surface area contributed by atoms with Crippen LogP contribution in [0.25, 0.3) is 0 Å². The number of halogens is 1. The molecule has 0 bridgehead atoms. The standard InChI is InChI=1S/C14H18BrN3O.C9H17N.C8H17N.CH4/c1-10(2)16-9-17-11(3)18(4)12-6-7-14(19-5)13(15)8-12;1-3-7-10-8-5-6-9(10)4-2;1-9-8-6-4-2-3-5-7-8;/h6-9H,1H2,2-5H3;4,9H,2-3,5-8H2,1H3;8-9H,2-7H2,1H3;1H4. The van der Waals surface area contributed by atoms with Gasteiger partial charge in [-0.25, -0.2) is 9.98 Å². The van der Waals surface area contributed by atoms with Crippen LogP contribution in [0.1, 0.15) is 86.0 Å². The van der Waals surface area contributed by atoms with Crippen molar-refractivity contribution in [2.24, 2.45) is 9.98 Å². The molecule has 6 nitrogen and oxygen atoms in total. The maximum atomic E-state index is 5.20. The zero-order valence-electron chi connectivity index (χ0n) is 24.8. The molecule has 1 saturated heterocycles. The number of nitrogens with zero attached hydrogens (tertiary/aromatic N) is 4. The topological polar surface area (TPSA) is 52.5 Å². The summed E-state index contributed by atoms with van der Waals surface area (Å²) >= 11 is 3.47. The summed E-state index contributed by atoms with van der Waals surface area (Å²) in [7, 11) is 5.67. The van der Waals surface area contributed by atoms with Gasteiger partial charge < -0.3 is 15.0 Å². The first-order chi connectivity index (χ1) is 18.3. The fraction of sp³-hybridized carbons (Fsp3) is 0.625. The largest absolute Gasteiger partial charge is 0.496 e. The molecule has 1 heterocycles. The third-order valence-corrected chi connectivity index (χ3v) is 7.61. The fourth-order valence-electron chi connectivity index (χ4n) is 4.60. The van der Waals surface area contributed by atoms with Crippen LogP contribution in [0.5, 0.6) is 5.75 Å². The van der Waals surface area contributed by atoms with Crippen molar-refractivity contribution >= 4 is 33.8 Å². The molecule has 1 unspecified atom stereocenters. The van der Waals surface area contributed by atoms with Crippen molar-refractivity contribution in [2.75, 3.05) is 39.2 Å². The van der Waals surface area contributed by atoms with Gasteiger partial charge in [0.1, 0.15) is 17.9 Å². The molecule has 1 atom stereocenters. The van der Waals surface area contributed by atoms with E-state index in [1.807, 2.05) is 44.0 Å². The average Bonchev–Trinajstić information content (AvgIpc) is 3.19. The van der Waals surface area contributed by atoms with E-state index in [9.17, 15) is 0 Å². The Balaban J connectivity index is 0.000000606. The second kappa shape index (κ2) is 21.8. The Morgan fingerprint density at radius 2 is 1.85 bits per heavy atom. The predicted molar refractivity (Wildman–Crippen MR) is 178 cm³/mol. The van der Waals surface area contributed by atoms with Crippen molar-refractivity contribution in [3.05, 3.63) is 47.6 Å². The lowest BCUT2D eigenvalue weighted by atomic mass is 10.1. The molecule has 0 spiro atoms. The quantitative estimate of drug-likeness (QED) is 0.140. The SMILES string of the molecule is C.C=C(C)N=CN=C(C)N(C)c1ccc(OC)c(Br)c1.C=CC1CCCN1CCC.CNC1CCCCCC1. The van der Waals surface area contributed by atoms with Crippen LogP contribution in [0.4, 0.5) is 5.69 Å². The molecule has 3 rings (SSSR count). The van der Waals surface area contributed by atoms with Gasteiger partial charge in [-0.15, -0.1) is 6.58 Å². The number of rotatable bonds is 8. The Kier molecular flexibility index (Phi) is 20.7. The van der Waals surface area contributed by atoms with Crippen LogP contribution >= 0.6 is 15.9 Å². The van der Waals surface area contributed by atoms with E-state index in [0.29, 0.717) is 6.04 Å². The second-order valence-corrected chi connectivity index (χ2v) is 10.8. The third-order valence-electron chi connectivity index (χ3n) is 6.99. The molecular formula is C32H56BrN5O. The fourth-order valence-corrected chi connectivity index (χ4v) is 5.13. The number of aliphatic imine (C=N–C) groups is 2. The molecule has 0 aromatic heterocycles. The number of hydrogen-bond acceptors (Lipinski definition) is 4. The highest BCUT2D eigenvalue weighted by Gasteiger charge is 2.19. The highest BCUT2D eigenvalue weighted by molar-refractivity contribution is 9.10. The first-order valence-corrected chi connectivity index (χ1v) is 14.9. The van der Waals surface area contributed by atoms with E-state index >= 15 is 0 Å². The van der Waals surface area contributed by atoms with Gasteiger partial charge >= 0.3 is 0 Å². The molecule has 1 aromatic rings. The van der Waals surface area contributed by atoms with E-state index in [0.717, 1.165) is 33.5 Å². The van der Waals surface area contributed by atoms with Crippen LogP contribution in [0, 0.1) is 0 Å². The lowest BCUT2D eigenvalue weighted by Gasteiger charge is -2.20. The van der Waals surface area contributed by atoms with E-state index in [2.05, 4.69) is 69.3 Å². The average molecular weight is 607 g/mol. The van der Waals surface area contributed by atoms with Crippen molar-refractivity contribution < 1.29 is 4.74 Å². The highest BCUT2D eigenvalue weighted by atomic mass is 79.9. The van der Waals surface area contributed by atoms with Crippen LogP contribution in [-0.2, 0) is 0 Å². The summed E-state index contributed by atoms with van der Waals surface area (Å²) in [6, 6.07) is 7.37. The Hall–Kier alpha value is -1.96. The maximum Gasteiger partial charge on any atom is 0.133 e. The van der Waals surface area contributed by atoms with Gasteiger partial charge in [0.25, 0.3) is 0 Å². The third kappa shape index (κ3) is 14.8. The minimum Gasteiger partial charge on any atom is -0.496 e. The number of likely N-dealkylation sites (tertiary alicyclic amines) is 1. The minimum absolute atomic E-state index is 0. The normalized spacial score (nSPS) is 18.1. The Bertz CT molecular complexity index is 877. The molecule has 1 saturated carbocycles. The Morgan fingerprint density at radius 1 is 1.18 bits per heavy atom.